The first kappa shape index (κ1) is 17.5. The lowest BCUT2D eigenvalue weighted by molar-refractivity contribution is -0.274. The second kappa shape index (κ2) is 6.90. The standard InChI is InChI=1S/C16H15F3N6O/c1-10(11-3-5-12(6-4-11)26-16(17,18)19)22-13-9-14(24-15(20)23-13)25-8-2-7-21-25/h2-10H,1H3,(H3,20,22,23,24)/t10-/m0/s1. The molecule has 7 nitrogen and oxygen atoms in total. The Balaban J connectivity index is 1.74. The number of rotatable bonds is 5. The van der Waals surface area contributed by atoms with Crippen LogP contribution in [0, 0.1) is 0 Å². The Morgan fingerprint density at radius 1 is 1.19 bits per heavy atom. The van der Waals surface area contributed by atoms with Crippen molar-refractivity contribution in [3.05, 3.63) is 54.4 Å². The van der Waals surface area contributed by atoms with E-state index in [-0.39, 0.29) is 17.7 Å². The first-order chi connectivity index (χ1) is 12.3. The zero-order valence-corrected chi connectivity index (χ0v) is 13.6. The second-order valence-corrected chi connectivity index (χ2v) is 5.40. The van der Waals surface area contributed by atoms with Gasteiger partial charge in [-0.05, 0) is 30.7 Å². The van der Waals surface area contributed by atoms with Gasteiger partial charge in [-0.15, -0.1) is 13.2 Å². The van der Waals surface area contributed by atoms with Crippen molar-refractivity contribution < 1.29 is 17.9 Å². The molecule has 0 spiro atoms. The smallest absolute Gasteiger partial charge is 0.406 e. The van der Waals surface area contributed by atoms with Gasteiger partial charge in [0.05, 0.1) is 0 Å². The van der Waals surface area contributed by atoms with Crippen LogP contribution in [0.4, 0.5) is 24.9 Å². The van der Waals surface area contributed by atoms with E-state index in [1.165, 1.54) is 28.9 Å². The van der Waals surface area contributed by atoms with Gasteiger partial charge in [-0.2, -0.15) is 15.1 Å². The summed E-state index contributed by atoms with van der Waals surface area (Å²) in [5, 5.41) is 7.22. The maximum absolute atomic E-state index is 12.2. The van der Waals surface area contributed by atoms with Crippen LogP contribution in [0.1, 0.15) is 18.5 Å². The van der Waals surface area contributed by atoms with Gasteiger partial charge in [0.25, 0.3) is 0 Å². The van der Waals surface area contributed by atoms with Crippen LogP contribution in [0.3, 0.4) is 0 Å². The maximum atomic E-state index is 12.2. The number of alkyl halides is 3. The molecule has 0 unspecified atom stereocenters. The van der Waals surface area contributed by atoms with Crippen LogP contribution in [-0.2, 0) is 0 Å². The summed E-state index contributed by atoms with van der Waals surface area (Å²) < 4.78 is 42.0. The average Bonchev–Trinajstić information content (AvgIpc) is 3.08. The molecular formula is C16H15F3N6O. The van der Waals surface area contributed by atoms with Crippen molar-refractivity contribution in [2.45, 2.75) is 19.3 Å². The number of ether oxygens (including phenoxy) is 1. The fourth-order valence-electron chi connectivity index (χ4n) is 2.31. The summed E-state index contributed by atoms with van der Waals surface area (Å²) in [7, 11) is 0. The van der Waals surface area contributed by atoms with Gasteiger partial charge in [0.15, 0.2) is 5.82 Å². The monoisotopic (exact) mass is 364 g/mol. The Hall–Kier alpha value is -3.30. The SMILES string of the molecule is C[C@H](Nc1cc(-n2cccn2)nc(N)n1)c1ccc(OC(F)(F)F)cc1. The van der Waals surface area contributed by atoms with E-state index in [0.717, 1.165) is 5.56 Å². The Morgan fingerprint density at radius 3 is 2.54 bits per heavy atom. The lowest BCUT2D eigenvalue weighted by Gasteiger charge is -2.16. The Morgan fingerprint density at radius 2 is 1.92 bits per heavy atom. The van der Waals surface area contributed by atoms with Crippen LogP contribution in [-0.4, -0.2) is 26.1 Å². The molecule has 0 aliphatic heterocycles. The molecule has 0 amide bonds. The van der Waals surface area contributed by atoms with E-state index in [9.17, 15) is 13.2 Å². The minimum absolute atomic E-state index is 0.0709. The summed E-state index contributed by atoms with van der Waals surface area (Å²) >= 11 is 0. The summed E-state index contributed by atoms with van der Waals surface area (Å²) in [5.41, 5.74) is 6.48. The van der Waals surface area contributed by atoms with E-state index in [2.05, 4.69) is 25.1 Å². The first-order valence-electron chi connectivity index (χ1n) is 7.57. The van der Waals surface area contributed by atoms with Crippen molar-refractivity contribution >= 4 is 11.8 Å². The van der Waals surface area contributed by atoms with Gasteiger partial charge in [0, 0.05) is 24.5 Å². The molecule has 26 heavy (non-hydrogen) atoms. The molecule has 0 bridgehead atoms. The average molecular weight is 364 g/mol. The van der Waals surface area contributed by atoms with Gasteiger partial charge >= 0.3 is 6.36 Å². The fourth-order valence-corrected chi connectivity index (χ4v) is 2.31. The normalized spacial score (nSPS) is 12.6. The van der Waals surface area contributed by atoms with Crippen molar-refractivity contribution in [3.8, 4) is 11.6 Å². The molecule has 0 aliphatic rings. The third-order valence-corrected chi connectivity index (χ3v) is 3.45. The summed E-state index contributed by atoms with van der Waals surface area (Å²) in [6.07, 6.45) is -1.39. The molecule has 10 heteroatoms. The van der Waals surface area contributed by atoms with Gasteiger partial charge in [0.1, 0.15) is 11.6 Å². The van der Waals surface area contributed by atoms with Gasteiger partial charge in [-0.3, -0.25) is 0 Å². The van der Waals surface area contributed by atoms with Crippen molar-refractivity contribution in [2.24, 2.45) is 0 Å². The molecular weight excluding hydrogens is 349 g/mol. The van der Waals surface area contributed by atoms with E-state index in [1.807, 2.05) is 6.92 Å². The molecule has 0 aliphatic carbocycles. The zero-order valence-electron chi connectivity index (χ0n) is 13.6. The Labute approximate surface area is 146 Å². The predicted molar refractivity (Wildman–Crippen MR) is 88.7 cm³/mol. The van der Waals surface area contributed by atoms with E-state index >= 15 is 0 Å². The number of hydrogen-bond acceptors (Lipinski definition) is 6. The Kier molecular flexibility index (Phi) is 4.65. The highest BCUT2D eigenvalue weighted by Gasteiger charge is 2.31. The molecule has 136 valence electrons. The van der Waals surface area contributed by atoms with Crippen molar-refractivity contribution in [3.63, 3.8) is 0 Å². The van der Waals surface area contributed by atoms with Crippen LogP contribution in [0.15, 0.2) is 48.8 Å². The van der Waals surface area contributed by atoms with Crippen molar-refractivity contribution in [1.82, 2.24) is 19.7 Å². The molecule has 3 aromatic rings. The number of hydrogen-bond donors (Lipinski definition) is 2. The highest BCUT2D eigenvalue weighted by atomic mass is 19.4. The van der Waals surface area contributed by atoms with E-state index in [0.29, 0.717) is 11.6 Å². The Bertz CT molecular complexity index is 865. The third kappa shape index (κ3) is 4.41. The van der Waals surface area contributed by atoms with Crippen LogP contribution in [0.5, 0.6) is 5.75 Å². The van der Waals surface area contributed by atoms with Crippen LogP contribution in [0.2, 0.25) is 0 Å². The van der Waals surface area contributed by atoms with E-state index in [1.54, 1.807) is 24.5 Å². The number of nitrogen functional groups attached to an aromatic ring is 1. The minimum Gasteiger partial charge on any atom is -0.406 e. The zero-order chi connectivity index (χ0) is 18.7. The predicted octanol–water partition coefficient (Wildman–Crippen LogP) is 3.32. The van der Waals surface area contributed by atoms with Crippen LogP contribution < -0.4 is 15.8 Å². The van der Waals surface area contributed by atoms with Crippen molar-refractivity contribution in [2.75, 3.05) is 11.1 Å². The summed E-state index contributed by atoms with van der Waals surface area (Å²) in [4.78, 5) is 8.22. The molecule has 1 aromatic carbocycles. The molecule has 0 fully saturated rings. The largest absolute Gasteiger partial charge is 0.573 e. The molecule has 3 rings (SSSR count). The molecule has 2 aromatic heterocycles. The number of nitrogens with zero attached hydrogens (tertiary/aromatic N) is 4. The lowest BCUT2D eigenvalue weighted by Crippen LogP contribution is -2.17. The quantitative estimate of drug-likeness (QED) is 0.722. The highest BCUT2D eigenvalue weighted by Crippen LogP contribution is 2.25. The van der Waals surface area contributed by atoms with Gasteiger partial charge < -0.3 is 15.8 Å². The second-order valence-electron chi connectivity index (χ2n) is 5.40. The van der Waals surface area contributed by atoms with Crippen molar-refractivity contribution in [1.29, 1.82) is 0 Å². The number of nitrogens with one attached hydrogen (secondary N) is 1. The van der Waals surface area contributed by atoms with Crippen LogP contribution in [0.25, 0.3) is 5.82 Å². The molecule has 2 heterocycles. The molecule has 0 saturated carbocycles. The topological polar surface area (TPSA) is 90.9 Å². The summed E-state index contributed by atoms with van der Waals surface area (Å²) in [5.74, 6) is 0.750. The molecule has 0 saturated heterocycles. The number of halogens is 3. The summed E-state index contributed by atoms with van der Waals surface area (Å²) in [6.45, 7) is 1.84. The van der Waals surface area contributed by atoms with E-state index in [4.69, 9.17) is 5.73 Å². The number of benzene rings is 1. The van der Waals surface area contributed by atoms with Gasteiger partial charge in [-0.25, -0.2) is 4.68 Å². The minimum atomic E-state index is -4.72. The van der Waals surface area contributed by atoms with E-state index < -0.39 is 6.36 Å². The summed E-state index contributed by atoms with van der Waals surface area (Å²) in [6, 6.07) is 8.76. The van der Waals surface area contributed by atoms with Gasteiger partial charge in [0.2, 0.25) is 5.95 Å². The highest BCUT2D eigenvalue weighted by molar-refractivity contribution is 5.47. The fraction of sp³-hybridized carbons (Fsp3) is 0.188. The third-order valence-electron chi connectivity index (χ3n) is 3.45. The number of anilines is 2. The molecule has 1 atom stereocenters. The number of aromatic nitrogens is 4. The molecule has 3 N–H and O–H groups in total. The van der Waals surface area contributed by atoms with Crippen LogP contribution >= 0.6 is 0 Å². The maximum Gasteiger partial charge on any atom is 0.573 e. The molecule has 0 radical (unpaired) electrons. The van der Waals surface area contributed by atoms with Gasteiger partial charge in [-0.1, -0.05) is 12.1 Å². The number of nitrogens with two attached hydrogens (primary N) is 1. The lowest BCUT2D eigenvalue weighted by atomic mass is 10.1. The first-order valence-corrected chi connectivity index (χ1v) is 7.57.